The average molecular weight is 359 g/mol. The smallest absolute Gasteiger partial charge is 0.308 e. The van der Waals surface area contributed by atoms with Gasteiger partial charge in [-0.2, -0.15) is 0 Å². The van der Waals surface area contributed by atoms with Crippen molar-refractivity contribution in [2.24, 2.45) is 0 Å². The summed E-state index contributed by atoms with van der Waals surface area (Å²) in [5.74, 6) is 0.246. The zero-order valence-electron chi connectivity index (χ0n) is 11.6. The van der Waals surface area contributed by atoms with Crippen LogP contribution in [0.25, 0.3) is 22.3 Å². The fourth-order valence-corrected chi connectivity index (χ4v) is 2.49. The second kappa shape index (κ2) is 5.73. The van der Waals surface area contributed by atoms with Gasteiger partial charge in [-0.3, -0.25) is 9.59 Å². The number of hydrogen-bond donors (Lipinski definition) is 1. The Bertz CT molecular complexity index is 934. The van der Waals surface area contributed by atoms with Gasteiger partial charge in [0.05, 0.1) is 16.5 Å². The molecular weight excluding hydrogens is 348 g/mol. The van der Waals surface area contributed by atoms with Gasteiger partial charge >= 0.3 is 5.97 Å². The molecule has 0 atom stereocenters. The van der Waals surface area contributed by atoms with Crippen molar-refractivity contribution in [3.63, 3.8) is 0 Å². The van der Waals surface area contributed by atoms with Crippen LogP contribution in [0.5, 0.6) is 5.75 Å². The maximum atomic E-state index is 12.2. The summed E-state index contributed by atoms with van der Waals surface area (Å²) >= 11 is 3.33. The third-order valence-corrected chi connectivity index (χ3v) is 3.56. The molecule has 0 unspecified atom stereocenters. The minimum Gasteiger partial charge on any atom is -0.426 e. The molecule has 3 rings (SSSR count). The van der Waals surface area contributed by atoms with Crippen molar-refractivity contribution in [2.75, 3.05) is 0 Å². The number of hydrogen-bond acceptors (Lipinski definition) is 4. The number of para-hydroxylation sites is 1. The second-order valence-electron chi connectivity index (χ2n) is 4.67. The summed E-state index contributed by atoms with van der Waals surface area (Å²) in [7, 11) is 0. The number of H-pyrrole nitrogens is 1. The van der Waals surface area contributed by atoms with Crippen LogP contribution < -0.4 is 10.3 Å². The average Bonchev–Trinajstić information content (AvgIpc) is 2.46. The monoisotopic (exact) mass is 358 g/mol. The van der Waals surface area contributed by atoms with E-state index < -0.39 is 5.97 Å². The number of aromatic nitrogens is 2. The molecule has 0 aliphatic carbocycles. The lowest BCUT2D eigenvalue weighted by atomic mass is 10.1. The SMILES string of the molecule is CC(=O)Oc1cc(Br)ccc1-c1nc2ccccc2c(=O)[nH]1. The Morgan fingerprint density at radius 2 is 2.00 bits per heavy atom. The Kier molecular flexibility index (Phi) is 3.77. The van der Waals surface area contributed by atoms with E-state index in [0.717, 1.165) is 4.47 Å². The standard InChI is InChI=1S/C16H11BrN2O3/c1-9(20)22-14-8-10(17)6-7-12(14)15-18-13-5-3-2-4-11(13)16(21)19-15/h2-8H,1H3,(H,18,19,21). The Hall–Kier alpha value is -2.47. The Balaban J connectivity index is 2.23. The molecule has 5 nitrogen and oxygen atoms in total. The third kappa shape index (κ3) is 2.78. The van der Waals surface area contributed by atoms with E-state index in [4.69, 9.17) is 4.74 Å². The van der Waals surface area contributed by atoms with Crippen molar-refractivity contribution in [1.29, 1.82) is 0 Å². The number of benzene rings is 2. The first-order valence-electron chi connectivity index (χ1n) is 6.52. The van der Waals surface area contributed by atoms with E-state index in [-0.39, 0.29) is 5.56 Å². The van der Waals surface area contributed by atoms with E-state index in [0.29, 0.717) is 28.0 Å². The van der Waals surface area contributed by atoms with Gasteiger partial charge in [0.1, 0.15) is 11.6 Å². The second-order valence-corrected chi connectivity index (χ2v) is 5.58. The predicted octanol–water partition coefficient (Wildman–Crippen LogP) is 3.28. The molecule has 1 heterocycles. The topological polar surface area (TPSA) is 72.0 Å². The van der Waals surface area contributed by atoms with Crippen LogP contribution in [0.3, 0.4) is 0 Å². The lowest BCUT2D eigenvalue weighted by Crippen LogP contribution is -2.10. The van der Waals surface area contributed by atoms with Crippen LogP contribution in [-0.2, 0) is 4.79 Å². The van der Waals surface area contributed by atoms with Crippen molar-refractivity contribution in [3.8, 4) is 17.1 Å². The van der Waals surface area contributed by atoms with Gasteiger partial charge in [0.25, 0.3) is 5.56 Å². The third-order valence-electron chi connectivity index (χ3n) is 3.07. The number of ether oxygens (including phenoxy) is 1. The summed E-state index contributed by atoms with van der Waals surface area (Å²) in [6.45, 7) is 1.32. The van der Waals surface area contributed by atoms with Crippen LogP contribution in [0.4, 0.5) is 0 Å². The maximum absolute atomic E-state index is 12.2. The van der Waals surface area contributed by atoms with Gasteiger partial charge < -0.3 is 9.72 Å². The van der Waals surface area contributed by atoms with Crippen LogP contribution in [-0.4, -0.2) is 15.9 Å². The normalized spacial score (nSPS) is 10.6. The Morgan fingerprint density at radius 3 is 2.77 bits per heavy atom. The number of rotatable bonds is 2. The first-order chi connectivity index (χ1) is 10.5. The van der Waals surface area contributed by atoms with Gasteiger partial charge in [-0.05, 0) is 30.3 Å². The molecule has 3 aromatic rings. The molecule has 1 N–H and O–H groups in total. The minimum absolute atomic E-state index is 0.239. The van der Waals surface area contributed by atoms with Gasteiger partial charge in [0, 0.05) is 11.4 Å². The molecule has 0 aliphatic heterocycles. The van der Waals surface area contributed by atoms with Gasteiger partial charge in [-0.1, -0.05) is 28.1 Å². The summed E-state index contributed by atoms with van der Waals surface area (Å²) in [5.41, 5.74) is 0.886. The molecule has 0 radical (unpaired) electrons. The fourth-order valence-electron chi connectivity index (χ4n) is 2.15. The molecule has 0 fully saturated rings. The number of carbonyl (C=O) groups excluding carboxylic acids is 1. The van der Waals surface area contributed by atoms with Crippen LogP contribution in [0.1, 0.15) is 6.92 Å². The van der Waals surface area contributed by atoms with Crippen LogP contribution >= 0.6 is 15.9 Å². The number of nitrogens with zero attached hydrogens (tertiary/aromatic N) is 1. The van der Waals surface area contributed by atoms with E-state index in [1.54, 1.807) is 36.4 Å². The molecule has 1 aromatic heterocycles. The fraction of sp³-hybridized carbons (Fsp3) is 0.0625. The predicted molar refractivity (Wildman–Crippen MR) is 86.8 cm³/mol. The highest BCUT2D eigenvalue weighted by atomic mass is 79.9. The molecule has 22 heavy (non-hydrogen) atoms. The summed E-state index contributed by atoms with van der Waals surface area (Å²) in [5, 5.41) is 0.511. The minimum atomic E-state index is -0.442. The van der Waals surface area contributed by atoms with Crippen molar-refractivity contribution in [3.05, 3.63) is 57.3 Å². The largest absolute Gasteiger partial charge is 0.426 e. The molecule has 6 heteroatoms. The molecule has 0 spiro atoms. The number of fused-ring (bicyclic) bond motifs is 1. The quantitative estimate of drug-likeness (QED) is 0.563. The van der Waals surface area contributed by atoms with E-state index >= 15 is 0 Å². The molecule has 0 amide bonds. The molecule has 2 aromatic carbocycles. The zero-order valence-corrected chi connectivity index (χ0v) is 13.2. The van der Waals surface area contributed by atoms with Crippen LogP contribution in [0, 0.1) is 0 Å². The summed E-state index contributed by atoms with van der Waals surface area (Å²) in [4.78, 5) is 30.6. The number of nitrogens with one attached hydrogen (secondary N) is 1. The van der Waals surface area contributed by atoms with Gasteiger partial charge in [-0.25, -0.2) is 4.98 Å². The summed E-state index contributed by atoms with van der Waals surface area (Å²) in [6, 6.07) is 12.2. The van der Waals surface area contributed by atoms with Crippen molar-refractivity contribution in [2.45, 2.75) is 6.92 Å². The van der Waals surface area contributed by atoms with Crippen LogP contribution in [0.2, 0.25) is 0 Å². The van der Waals surface area contributed by atoms with E-state index in [9.17, 15) is 9.59 Å². The highest BCUT2D eigenvalue weighted by Gasteiger charge is 2.13. The molecule has 0 saturated carbocycles. The summed E-state index contributed by atoms with van der Waals surface area (Å²) < 4.78 is 5.96. The molecule has 110 valence electrons. The lowest BCUT2D eigenvalue weighted by molar-refractivity contribution is -0.131. The Morgan fingerprint density at radius 1 is 1.23 bits per heavy atom. The van der Waals surface area contributed by atoms with E-state index in [2.05, 4.69) is 25.9 Å². The summed E-state index contributed by atoms with van der Waals surface area (Å²) in [6.07, 6.45) is 0. The van der Waals surface area contributed by atoms with Gasteiger partial charge in [0.15, 0.2) is 0 Å². The molecular formula is C16H11BrN2O3. The van der Waals surface area contributed by atoms with Crippen molar-refractivity contribution < 1.29 is 9.53 Å². The molecule has 0 bridgehead atoms. The first-order valence-corrected chi connectivity index (χ1v) is 7.31. The molecule has 0 aliphatic rings. The lowest BCUT2D eigenvalue weighted by Gasteiger charge is -2.09. The van der Waals surface area contributed by atoms with Gasteiger partial charge in [0.2, 0.25) is 0 Å². The van der Waals surface area contributed by atoms with Crippen molar-refractivity contribution >= 4 is 32.8 Å². The van der Waals surface area contributed by atoms with Crippen LogP contribution in [0.15, 0.2) is 51.7 Å². The number of halogens is 1. The molecule has 0 saturated heterocycles. The first kappa shape index (κ1) is 14.5. The number of carbonyl (C=O) groups is 1. The van der Waals surface area contributed by atoms with Gasteiger partial charge in [-0.15, -0.1) is 0 Å². The highest BCUT2D eigenvalue weighted by Crippen LogP contribution is 2.31. The Labute approximate surface area is 134 Å². The maximum Gasteiger partial charge on any atom is 0.308 e. The van der Waals surface area contributed by atoms with E-state index in [1.807, 2.05) is 6.07 Å². The van der Waals surface area contributed by atoms with E-state index in [1.165, 1.54) is 6.92 Å². The highest BCUT2D eigenvalue weighted by molar-refractivity contribution is 9.10. The zero-order chi connectivity index (χ0) is 15.7. The number of aromatic amines is 1. The van der Waals surface area contributed by atoms with Crippen molar-refractivity contribution in [1.82, 2.24) is 9.97 Å². The number of esters is 1.